The average Bonchev–Trinajstić information content (AvgIpc) is 2.69. The van der Waals surface area contributed by atoms with Crippen LogP contribution in [0.5, 0.6) is 11.5 Å². The van der Waals surface area contributed by atoms with E-state index >= 15 is 0 Å². The summed E-state index contributed by atoms with van der Waals surface area (Å²) >= 11 is 0. The van der Waals surface area contributed by atoms with Gasteiger partial charge >= 0.3 is 5.63 Å². The molecule has 0 bridgehead atoms. The van der Waals surface area contributed by atoms with Gasteiger partial charge in [0.25, 0.3) is 0 Å². The number of rotatable bonds is 6. The molecule has 0 atom stereocenters. The van der Waals surface area contributed by atoms with E-state index in [2.05, 4.69) is 10.3 Å². The number of hydrogen-bond acceptors (Lipinski definition) is 6. The zero-order valence-electron chi connectivity index (χ0n) is 15.4. The van der Waals surface area contributed by atoms with Gasteiger partial charge in [-0.25, -0.2) is 4.79 Å². The molecule has 0 aliphatic carbocycles. The summed E-state index contributed by atoms with van der Waals surface area (Å²) in [5.74, 6) is 0.767. The van der Waals surface area contributed by atoms with Gasteiger partial charge in [0.15, 0.2) is 0 Å². The second-order valence-electron chi connectivity index (χ2n) is 6.00. The Bertz CT molecular complexity index is 1030. The van der Waals surface area contributed by atoms with Crippen LogP contribution in [0.25, 0.3) is 11.0 Å². The van der Waals surface area contributed by atoms with Crippen molar-refractivity contribution in [3.8, 4) is 11.5 Å². The van der Waals surface area contributed by atoms with Gasteiger partial charge in [0.05, 0.1) is 31.6 Å². The molecular weight excluding hydrogens is 348 g/mol. The van der Waals surface area contributed by atoms with Gasteiger partial charge in [0.2, 0.25) is 5.91 Å². The second-order valence-corrected chi connectivity index (χ2v) is 6.00. The number of hydrogen-bond donors (Lipinski definition) is 1. The van der Waals surface area contributed by atoms with Crippen molar-refractivity contribution in [2.45, 2.75) is 19.9 Å². The first-order chi connectivity index (χ1) is 13.0. The van der Waals surface area contributed by atoms with E-state index in [9.17, 15) is 9.59 Å². The van der Waals surface area contributed by atoms with E-state index in [0.717, 1.165) is 5.56 Å². The van der Waals surface area contributed by atoms with Crippen molar-refractivity contribution in [1.29, 1.82) is 0 Å². The first-order valence-electron chi connectivity index (χ1n) is 8.37. The normalized spacial score (nSPS) is 10.6. The number of aryl methyl sites for hydroxylation is 1. The maximum absolute atomic E-state index is 12.4. The Labute approximate surface area is 155 Å². The van der Waals surface area contributed by atoms with Gasteiger partial charge < -0.3 is 19.2 Å². The van der Waals surface area contributed by atoms with E-state index in [4.69, 9.17) is 13.9 Å². The minimum Gasteiger partial charge on any atom is -0.496 e. The summed E-state index contributed by atoms with van der Waals surface area (Å²) in [5, 5.41) is 3.45. The van der Waals surface area contributed by atoms with Crippen LogP contribution < -0.4 is 20.4 Å². The first-order valence-corrected chi connectivity index (χ1v) is 8.37. The number of nitrogens with one attached hydrogen (secondary N) is 1. The SMILES string of the molecule is COc1cc(OC)c2c(C)c(CC(=O)NCc3ccncc3)c(=O)oc2c1. The predicted octanol–water partition coefficient (Wildman–Crippen LogP) is 2.37. The Morgan fingerprint density at radius 3 is 2.59 bits per heavy atom. The van der Waals surface area contributed by atoms with Crippen LogP contribution in [-0.4, -0.2) is 25.1 Å². The monoisotopic (exact) mass is 368 g/mol. The Hall–Kier alpha value is -3.35. The number of methoxy groups -OCH3 is 2. The molecule has 3 aromatic rings. The molecule has 1 amide bonds. The van der Waals surface area contributed by atoms with E-state index in [-0.39, 0.29) is 12.3 Å². The van der Waals surface area contributed by atoms with E-state index < -0.39 is 5.63 Å². The number of carbonyl (C=O) groups is 1. The van der Waals surface area contributed by atoms with Crippen LogP contribution in [0.15, 0.2) is 45.9 Å². The molecule has 7 heteroatoms. The smallest absolute Gasteiger partial charge is 0.340 e. The number of amides is 1. The maximum atomic E-state index is 12.4. The van der Waals surface area contributed by atoms with Gasteiger partial charge in [-0.15, -0.1) is 0 Å². The second kappa shape index (κ2) is 7.90. The summed E-state index contributed by atoms with van der Waals surface area (Å²) in [5.41, 5.74) is 1.69. The summed E-state index contributed by atoms with van der Waals surface area (Å²) in [6.45, 7) is 2.14. The van der Waals surface area contributed by atoms with Crippen molar-refractivity contribution in [3.63, 3.8) is 0 Å². The number of aromatic nitrogens is 1. The molecule has 0 aliphatic rings. The molecular formula is C20H20N2O5. The molecule has 1 aromatic carbocycles. The number of ether oxygens (including phenoxy) is 2. The van der Waals surface area contributed by atoms with Crippen molar-refractivity contribution in [2.75, 3.05) is 14.2 Å². The van der Waals surface area contributed by atoms with E-state index in [0.29, 0.717) is 40.1 Å². The summed E-state index contributed by atoms with van der Waals surface area (Å²) < 4.78 is 16.0. The van der Waals surface area contributed by atoms with Gasteiger partial charge in [-0.2, -0.15) is 0 Å². The maximum Gasteiger partial charge on any atom is 0.340 e. The molecule has 0 unspecified atom stereocenters. The lowest BCUT2D eigenvalue weighted by atomic mass is 10.0. The third-order valence-electron chi connectivity index (χ3n) is 4.35. The van der Waals surface area contributed by atoms with Crippen LogP contribution in [-0.2, 0) is 17.8 Å². The standard InChI is InChI=1S/C20H20N2O5/c1-12-15(10-18(23)22-11-13-4-6-21-7-5-13)20(24)27-17-9-14(25-2)8-16(26-3)19(12)17/h4-9H,10-11H2,1-3H3,(H,22,23). The Morgan fingerprint density at radius 1 is 1.19 bits per heavy atom. The van der Waals surface area contributed by atoms with E-state index in [1.54, 1.807) is 31.5 Å². The highest BCUT2D eigenvalue weighted by molar-refractivity contribution is 5.90. The van der Waals surface area contributed by atoms with Gasteiger partial charge in [0.1, 0.15) is 17.1 Å². The Balaban J connectivity index is 1.90. The fourth-order valence-electron chi connectivity index (χ4n) is 2.89. The van der Waals surface area contributed by atoms with Crippen molar-refractivity contribution in [2.24, 2.45) is 0 Å². The van der Waals surface area contributed by atoms with E-state index in [1.165, 1.54) is 14.2 Å². The Kier molecular flexibility index (Phi) is 5.40. The lowest BCUT2D eigenvalue weighted by Gasteiger charge is -2.12. The van der Waals surface area contributed by atoms with Crippen LogP contribution in [0, 0.1) is 6.92 Å². The largest absolute Gasteiger partial charge is 0.496 e. The van der Waals surface area contributed by atoms with E-state index in [1.807, 2.05) is 12.1 Å². The third-order valence-corrected chi connectivity index (χ3v) is 4.35. The minimum atomic E-state index is -0.547. The summed E-state index contributed by atoms with van der Waals surface area (Å²) in [7, 11) is 3.05. The molecule has 3 rings (SSSR count). The van der Waals surface area contributed by atoms with Crippen molar-refractivity contribution >= 4 is 16.9 Å². The first kappa shape index (κ1) is 18.4. The van der Waals surface area contributed by atoms with Gasteiger partial charge in [-0.3, -0.25) is 9.78 Å². The summed E-state index contributed by atoms with van der Waals surface area (Å²) in [4.78, 5) is 28.7. The molecule has 27 heavy (non-hydrogen) atoms. The average molecular weight is 368 g/mol. The molecule has 140 valence electrons. The molecule has 2 heterocycles. The minimum absolute atomic E-state index is 0.0790. The third kappa shape index (κ3) is 3.92. The van der Waals surface area contributed by atoms with Crippen LogP contribution in [0.3, 0.4) is 0 Å². The molecule has 2 aromatic heterocycles. The fourth-order valence-corrected chi connectivity index (χ4v) is 2.89. The van der Waals surface area contributed by atoms with Crippen molar-refractivity contribution in [3.05, 3.63) is 63.8 Å². The van der Waals surface area contributed by atoms with Crippen LogP contribution in [0.1, 0.15) is 16.7 Å². The number of carbonyl (C=O) groups excluding carboxylic acids is 1. The molecule has 0 radical (unpaired) electrons. The molecule has 0 saturated heterocycles. The Morgan fingerprint density at radius 2 is 1.93 bits per heavy atom. The van der Waals surface area contributed by atoms with Crippen LogP contribution in [0.4, 0.5) is 0 Å². The molecule has 0 saturated carbocycles. The highest BCUT2D eigenvalue weighted by Gasteiger charge is 2.18. The topological polar surface area (TPSA) is 90.7 Å². The number of fused-ring (bicyclic) bond motifs is 1. The van der Waals surface area contributed by atoms with Crippen molar-refractivity contribution < 1.29 is 18.7 Å². The molecule has 0 fully saturated rings. The van der Waals surface area contributed by atoms with Crippen LogP contribution in [0.2, 0.25) is 0 Å². The lowest BCUT2D eigenvalue weighted by Crippen LogP contribution is -2.27. The predicted molar refractivity (Wildman–Crippen MR) is 100 cm³/mol. The van der Waals surface area contributed by atoms with Gasteiger partial charge in [-0.1, -0.05) is 0 Å². The highest BCUT2D eigenvalue weighted by atomic mass is 16.5. The lowest BCUT2D eigenvalue weighted by molar-refractivity contribution is -0.120. The van der Waals surface area contributed by atoms with Gasteiger partial charge in [0, 0.05) is 31.1 Å². The van der Waals surface area contributed by atoms with Gasteiger partial charge in [-0.05, 0) is 30.2 Å². The number of nitrogens with zero attached hydrogens (tertiary/aromatic N) is 1. The fraction of sp³-hybridized carbons (Fsp3) is 0.250. The number of benzene rings is 1. The van der Waals surface area contributed by atoms with Crippen LogP contribution >= 0.6 is 0 Å². The zero-order valence-corrected chi connectivity index (χ0v) is 15.4. The zero-order chi connectivity index (χ0) is 19.4. The molecule has 7 nitrogen and oxygen atoms in total. The highest BCUT2D eigenvalue weighted by Crippen LogP contribution is 2.33. The van der Waals surface area contributed by atoms with Crippen molar-refractivity contribution in [1.82, 2.24) is 10.3 Å². The molecule has 0 aliphatic heterocycles. The number of pyridine rings is 1. The summed E-state index contributed by atoms with van der Waals surface area (Å²) in [6.07, 6.45) is 3.23. The molecule has 0 spiro atoms. The summed E-state index contributed by atoms with van der Waals surface area (Å²) in [6, 6.07) is 6.96. The molecule has 1 N–H and O–H groups in total. The quantitative estimate of drug-likeness (QED) is 0.672.